The molecule has 2 aromatic carbocycles. The molecule has 0 amide bonds. The summed E-state index contributed by atoms with van der Waals surface area (Å²) >= 11 is 1.32. The number of furan rings is 1. The monoisotopic (exact) mass is 402 g/mol. The summed E-state index contributed by atoms with van der Waals surface area (Å²) in [6.07, 6.45) is 1.71. The van der Waals surface area contributed by atoms with Gasteiger partial charge in [0.25, 0.3) is 5.56 Å². The van der Waals surface area contributed by atoms with Gasteiger partial charge in [0, 0.05) is 11.6 Å². The Labute approximate surface area is 168 Å². The average Bonchev–Trinajstić information content (AvgIpc) is 3.38. The maximum atomic E-state index is 12.8. The lowest BCUT2D eigenvalue weighted by molar-refractivity contribution is 0.0697. The molecule has 7 heteroatoms. The fourth-order valence-electron chi connectivity index (χ4n) is 3.39. The lowest BCUT2D eigenvalue weighted by Crippen LogP contribution is -2.22. The fourth-order valence-corrected chi connectivity index (χ4v) is 4.36. The van der Waals surface area contributed by atoms with Gasteiger partial charge in [-0.3, -0.25) is 4.79 Å². The van der Waals surface area contributed by atoms with Crippen LogP contribution in [0, 0.1) is 6.92 Å². The van der Waals surface area contributed by atoms with E-state index in [1.807, 2.05) is 37.3 Å². The van der Waals surface area contributed by atoms with Crippen LogP contribution in [-0.4, -0.2) is 20.5 Å². The second-order valence-electron chi connectivity index (χ2n) is 6.67. The third-order valence-corrected chi connectivity index (χ3v) is 5.75. The SMILES string of the molecule is Cc1cc(C(=O)O)ccc1-c1ccc(C=c2sc3nc4ccccc4n3c2=O)o1. The molecule has 3 heterocycles. The van der Waals surface area contributed by atoms with E-state index in [4.69, 9.17) is 9.52 Å². The first kappa shape index (κ1) is 17.4. The van der Waals surface area contributed by atoms with Crippen molar-refractivity contribution in [1.29, 1.82) is 0 Å². The quantitative estimate of drug-likeness (QED) is 0.497. The number of fused-ring (bicyclic) bond motifs is 3. The van der Waals surface area contributed by atoms with E-state index in [-0.39, 0.29) is 11.1 Å². The summed E-state index contributed by atoms with van der Waals surface area (Å²) in [5.41, 5.74) is 3.30. The molecule has 142 valence electrons. The highest BCUT2D eigenvalue weighted by Gasteiger charge is 2.13. The molecule has 0 spiro atoms. The lowest BCUT2D eigenvalue weighted by Gasteiger charge is -2.03. The Kier molecular flexibility index (Phi) is 3.85. The van der Waals surface area contributed by atoms with Crippen molar-refractivity contribution >= 4 is 39.4 Å². The van der Waals surface area contributed by atoms with Crippen LogP contribution < -0.4 is 10.1 Å². The smallest absolute Gasteiger partial charge is 0.335 e. The van der Waals surface area contributed by atoms with Crippen molar-refractivity contribution in [3.05, 3.63) is 86.4 Å². The molecule has 5 rings (SSSR count). The summed E-state index contributed by atoms with van der Waals surface area (Å²) in [6, 6.07) is 16.0. The van der Waals surface area contributed by atoms with Crippen LogP contribution in [0.3, 0.4) is 0 Å². The largest absolute Gasteiger partial charge is 0.478 e. The zero-order valence-corrected chi connectivity index (χ0v) is 16.1. The molecule has 0 saturated carbocycles. The minimum Gasteiger partial charge on any atom is -0.478 e. The summed E-state index contributed by atoms with van der Waals surface area (Å²) < 4.78 is 8.06. The van der Waals surface area contributed by atoms with Crippen LogP contribution in [-0.2, 0) is 0 Å². The molecule has 0 radical (unpaired) electrons. The van der Waals surface area contributed by atoms with Crippen LogP contribution in [0.4, 0.5) is 0 Å². The molecule has 0 saturated heterocycles. The Morgan fingerprint density at radius 2 is 2.00 bits per heavy atom. The van der Waals surface area contributed by atoms with Crippen molar-refractivity contribution in [1.82, 2.24) is 9.38 Å². The average molecular weight is 402 g/mol. The Bertz CT molecular complexity index is 1520. The standard InChI is InChI=1S/C22H14N2O4S/c1-12-10-13(21(26)27)6-8-15(12)18-9-7-14(28-18)11-19-20(25)24-17-5-3-2-4-16(17)23-22(24)29-19/h2-11H,1H3,(H,26,27). The Morgan fingerprint density at radius 3 is 2.79 bits per heavy atom. The van der Waals surface area contributed by atoms with Gasteiger partial charge in [0.2, 0.25) is 0 Å². The summed E-state index contributed by atoms with van der Waals surface area (Å²) in [7, 11) is 0. The van der Waals surface area contributed by atoms with E-state index in [1.165, 1.54) is 11.3 Å². The van der Waals surface area contributed by atoms with Crippen molar-refractivity contribution in [2.75, 3.05) is 0 Å². The van der Waals surface area contributed by atoms with Crippen molar-refractivity contribution < 1.29 is 14.3 Å². The number of imidazole rings is 1. The van der Waals surface area contributed by atoms with Crippen molar-refractivity contribution in [3.8, 4) is 11.3 Å². The molecular weight excluding hydrogens is 388 g/mol. The Morgan fingerprint density at radius 1 is 1.17 bits per heavy atom. The summed E-state index contributed by atoms with van der Waals surface area (Å²) in [5, 5.41) is 9.11. The fraction of sp³-hybridized carbons (Fsp3) is 0.0455. The highest BCUT2D eigenvalue weighted by Crippen LogP contribution is 2.27. The zero-order chi connectivity index (χ0) is 20.1. The number of hydrogen-bond donors (Lipinski definition) is 1. The summed E-state index contributed by atoms with van der Waals surface area (Å²) in [4.78, 5) is 29.1. The molecular formula is C22H14N2O4S. The first-order chi connectivity index (χ1) is 14.0. The van der Waals surface area contributed by atoms with Gasteiger partial charge < -0.3 is 9.52 Å². The van der Waals surface area contributed by atoms with Gasteiger partial charge in [-0.1, -0.05) is 29.5 Å². The van der Waals surface area contributed by atoms with Crippen LogP contribution in [0.25, 0.3) is 33.4 Å². The summed E-state index contributed by atoms with van der Waals surface area (Å²) in [6.45, 7) is 1.84. The third kappa shape index (κ3) is 2.83. The van der Waals surface area contributed by atoms with E-state index in [0.29, 0.717) is 21.0 Å². The number of hydrogen-bond acceptors (Lipinski definition) is 5. The normalized spacial score (nSPS) is 12.2. The van der Waals surface area contributed by atoms with E-state index in [2.05, 4.69) is 4.98 Å². The first-order valence-electron chi connectivity index (χ1n) is 8.87. The minimum atomic E-state index is -0.966. The molecule has 0 bridgehead atoms. The number of nitrogens with zero attached hydrogens (tertiary/aromatic N) is 2. The molecule has 6 nitrogen and oxygen atoms in total. The lowest BCUT2D eigenvalue weighted by atomic mass is 10.0. The van der Waals surface area contributed by atoms with Gasteiger partial charge in [-0.25, -0.2) is 14.2 Å². The zero-order valence-electron chi connectivity index (χ0n) is 15.2. The molecule has 1 N–H and O–H groups in total. The number of aromatic nitrogens is 2. The molecule has 29 heavy (non-hydrogen) atoms. The molecule has 3 aromatic heterocycles. The number of para-hydroxylation sites is 2. The van der Waals surface area contributed by atoms with Gasteiger partial charge in [-0.05, 0) is 48.9 Å². The first-order valence-corrected chi connectivity index (χ1v) is 9.69. The summed E-state index contributed by atoms with van der Waals surface area (Å²) in [5.74, 6) is 0.198. The number of carboxylic acid groups (broad SMARTS) is 1. The molecule has 0 unspecified atom stereocenters. The number of thiazole rings is 1. The van der Waals surface area contributed by atoms with E-state index in [0.717, 1.165) is 22.2 Å². The van der Waals surface area contributed by atoms with E-state index < -0.39 is 5.97 Å². The predicted molar refractivity (Wildman–Crippen MR) is 111 cm³/mol. The van der Waals surface area contributed by atoms with Crippen LogP contribution in [0.15, 0.2) is 63.8 Å². The van der Waals surface area contributed by atoms with E-state index in [9.17, 15) is 9.59 Å². The van der Waals surface area contributed by atoms with Gasteiger partial charge in [0.05, 0.1) is 16.6 Å². The number of benzene rings is 2. The van der Waals surface area contributed by atoms with Crippen molar-refractivity contribution in [2.45, 2.75) is 6.92 Å². The van der Waals surface area contributed by atoms with Crippen molar-refractivity contribution in [3.63, 3.8) is 0 Å². The van der Waals surface area contributed by atoms with Crippen LogP contribution in [0.5, 0.6) is 0 Å². The molecule has 0 aliphatic heterocycles. The number of carbonyl (C=O) groups is 1. The molecule has 5 aromatic rings. The number of aromatic carboxylic acids is 1. The van der Waals surface area contributed by atoms with Crippen LogP contribution in [0.2, 0.25) is 0 Å². The van der Waals surface area contributed by atoms with E-state index >= 15 is 0 Å². The number of aryl methyl sites for hydroxylation is 1. The molecule has 0 atom stereocenters. The van der Waals surface area contributed by atoms with Crippen molar-refractivity contribution in [2.24, 2.45) is 0 Å². The minimum absolute atomic E-state index is 0.126. The Balaban J connectivity index is 1.58. The molecule has 0 aliphatic carbocycles. The number of carboxylic acids is 1. The second kappa shape index (κ2) is 6.42. The molecule has 0 aliphatic rings. The topological polar surface area (TPSA) is 84.8 Å². The maximum Gasteiger partial charge on any atom is 0.335 e. The van der Waals surface area contributed by atoms with Gasteiger partial charge >= 0.3 is 5.97 Å². The predicted octanol–water partition coefficient (Wildman–Crippen LogP) is 3.72. The Hall–Kier alpha value is -3.71. The van der Waals surface area contributed by atoms with Gasteiger partial charge in [-0.15, -0.1) is 0 Å². The van der Waals surface area contributed by atoms with Crippen LogP contribution >= 0.6 is 11.3 Å². The second-order valence-corrected chi connectivity index (χ2v) is 7.68. The van der Waals surface area contributed by atoms with Crippen LogP contribution in [0.1, 0.15) is 21.7 Å². The van der Waals surface area contributed by atoms with Gasteiger partial charge in [0.15, 0.2) is 4.96 Å². The van der Waals surface area contributed by atoms with E-state index in [1.54, 1.807) is 34.7 Å². The number of rotatable bonds is 3. The maximum absolute atomic E-state index is 12.8. The van der Waals surface area contributed by atoms with Gasteiger partial charge in [-0.2, -0.15) is 0 Å². The third-order valence-electron chi connectivity index (χ3n) is 4.78. The highest BCUT2D eigenvalue weighted by atomic mass is 32.1. The van der Waals surface area contributed by atoms with Gasteiger partial charge in [0.1, 0.15) is 16.1 Å². The molecule has 0 fully saturated rings. The highest BCUT2D eigenvalue weighted by molar-refractivity contribution is 7.15.